The van der Waals surface area contributed by atoms with Gasteiger partial charge in [-0.25, -0.2) is 0 Å². The van der Waals surface area contributed by atoms with Crippen LogP contribution in [-0.2, 0) is 17.8 Å². The van der Waals surface area contributed by atoms with Crippen LogP contribution in [0.3, 0.4) is 0 Å². The molecule has 1 atom stereocenters. The van der Waals surface area contributed by atoms with Crippen LogP contribution in [-0.4, -0.2) is 44.2 Å². The zero-order valence-corrected chi connectivity index (χ0v) is 15.3. The number of ether oxygens (including phenoxy) is 2. The molecule has 0 bridgehead atoms. The van der Waals surface area contributed by atoms with E-state index in [0.29, 0.717) is 19.0 Å². The van der Waals surface area contributed by atoms with E-state index in [9.17, 15) is 4.79 Å². The minimum atomic E-state index is 0. The SMILES string of the molecule is COc1cc2c(cc1OC)CN(C(=O)CCC1CCCN1)CC2.Cl. The van der Waals surface area contributed by atoms with Crippen LogP contribution in [0.4, 0.5) is 0 Å². The normalized spacial score (nSPS) is 19.4. The summed E-state index contributed by atoms with van der Waals surface area (Å²) in [6.07, 6.45) is 4.90. The summed E-state index contributed by atoms with van der Waals surface area (Å²) in [6.45, 7) is 2.56. The lowest BCUT2D eigenvalue weighted by atomic mass is 9.98. The van der Waals surface area contributed by atoms with Crippen LogP contribution in [0, 0.1) is 0 Å². The number of rotatable bonds is 5. The molecule has 134 valence electrons. The number of amides is 1. The first-order valence-electron chi connectivity index (χ1n) is 8.46. The Hall–Kier alpha value is -1.46. The second-order valence-corrected chi connectivity index (χ2v) is 6.37. The van der Waals surface area contributed by atoms with Gasteiger partial charge >= 0.3 is 0 Å². The summed E-state index contributed by atoms with van der Waals surface area (Å²) in [6, 6.07) is 4.57. The van der Waals surface area contributed by atoms with E-state index in [4.69, 9.17) is 9.47 Å². The minimum Gasteiger partial charge on any atom is -0.493 e. The maximum atomic E-state index is 12.5. The van der Waals surface area contributed by atoms with Gasteiger partial charge in [0.05, 0.1) is 14.2 Å². The number of nitrogens with zero attached hydrogens (tertiary/aromatic N) is 1. The first kappa shape index (κ1) is 18.9. The molecule has 0 saturated carbocycles. The van der Waals surface area contributed by atoms with E-state index in [-0.39, 0.29) is 18.3 Å². The standard InChI is InChI=1S/C18H26N2O3.ClH/c1-22-16-10-13-7-9-20(12-14(13)11-17(16)23-2)18(21)6-5-15-4-3-8-19-15;/h10-11,15,19H,3-9,12H2,1-2H3;1H. The number of hydrogen-bond donors (Lipinski definition) is 1. The highest BCUT2D eigenvalue weighted by molar-refractivity contribution is 5.85. The highest BCUT2D eigenvalue weighted by Gasteiger charge is 2.24. The van der Waals surface area contributed by atoms with E-state index in [0.717, 1.165) is 37.4 Å². The summed E-state index contributed by atoms with van der Waals surface area (Å²) < 4.78 is 10.7. The summed E-state index contributed by atoms with van der Waals surface area (Å²) in [5.74, 6) is 1.76. The molecule has 0 spiro atoms. The lowest BCUT2D eigenvalue weighted by Crippen LogP contribution is -2.36. The van der Waals surface area contributed by atoms with Crippen molar-refractivity contribution in [1.29, 1.82) is 0 Å². The number of hydrogen-bond acceptors (Lipinski definition) is 4. The van der Waals surface area contributed by atoms with Crippen LogP contribution in [0.1, 0.15) is 36.8 Å². The molecule has 2 aliphatic rings. The fraction of sp³-hybridized carbons (Fsp3) is 0.611. The number of benzene rings is 1. The number of carbonyl (C=O) groups excluding carboxylic acids is 1. The van der Waals surface area contributed by atoms with Gasteiger partial charge in [-0.2, -0.15) is 0 Å². The Morgan fingerprint density at radius 2 is 1.96 bits per heavy atom. The van der Waals surface area contributed by atoms with Gasteiger partial charge in [-0.1, -0.05) is 0 Å². The molecular formula is C18H27ClN2O3. The average molecular weight is 355 g/mol. The monoisotopic (exact) mass is 354 g/mol. The Labute approximate surface area is 150 Å². The van der Waals surface area contributed by atoms with Gasteiger partial charge in [0.2, 0.25) is 5.91 Å². The van der Waals surface area contributed by atoms with Crippen LogP contribution in [0.25, 0.3) is 0 Å². The van der Waals surface area contributed by atoms with Gasteiger partial charge in [0, 0.05) is 25.6 Å². The second-order valence-electron chi connectivity index (χ2n) is 6.37. The largest absolute Gasteiger partial charge is 0.493 e. The molecule has 0 radical (unpaired) electrons. The average Bonchev–Trinajstić information content (AvgIpc) is 3.11. The molecule has 1 amide bonds. The van der Waals surface area contributed by atoms with Crippen molar-refractivity contribution in [3.63, 3.8) is 0 Å². The maximum absolute atomic E-state index is 12.5. The van der Waals surface area contributed by atoms with E-state index in [1.54, 1.807) is 14.2 Å². The van der Waals surface area contributed by atoms with Gasteiger partial charge in [0.25, 0.3) is 0 Å². The third-order valence-corrected chi connectivity index (χ3v) is 4.94. The van der Waals surface area contributed by atoms with E-state index in [1.165, 1.54) is 24.0 Å². The first-order valence-corrected chi connectivity index (χ1v) is 8.46. The number of methoxy groups -OCH3 is 2. The quantitative estimate of drug-likeness (QED) is 0.882. The second kappa shape index (κ2) is 8.58. The summed E-state index contributed by atoms with van der Waals surface area (Å²) in [4.78, 5) is 14.5. The molecule has 0 aliphatic carbocycles. The Balaban J connectivity index is 0.00000208. The van der Waals surface area contributed by atoms with Gasteiger partial charge in [-0.3, -0.25) is 4.79 Å². The number of fused-ring (bicyclic) bond motifs is 1. The molecule has 6 heteroatoms. The van der Waals surface area contributed by atoms with Crippen LogP contribution < -0.4 is 14.8 Å². The van der Waals surface area contributed by atoms with Crippen molar-refractivity contribution in [1.82, 2.24) is 10.2 Å². The molecule has 0 aromatic heterocycles. The zero-order chi connectivity index (χ0) is 16.2. The number of carbonyl (C=O) groups is 1. The Morgan fingerprint density at radius 3 is 2.58 bits per heavy atom. The zero-order valence-electron chi connectivity index (χ0n) is 14.5. The fourth-order valence-corrected chi connectivity index (χ4v) is 3.55. The molecular weight excluding hydrogens is 328 g/mol. The smallest absolute Gasteiger partial charge is 0.222 e. The van der Waals surface area contributed by atoms with E-state index in [2.05, 4.69) is 5.32 Å². The molecule has 1 unspecified atom stereocenters. The van der Waals surface area contributed by atoms with E-state index >= 15 is 0 Å². The topological polar surface area (TPSA) is 50.8 Å². The van der Waals surface area contributed by atoms with Crippen molar-refractivity contribution in [2.75, 3.05) is 27.3 Å². The van der Waals surface area contributed by atoms with Gasteiger partial charge < -0.3 is 19.7 Å². The lowest BCUT2D eigenvalue weighted by molar-refractivity contribution is -0.132. The Bertz CT molecular complexity index is 574. The highest BCUT2D eigenvalue weighted by atomic mass is 35.5. The molecule has 2 heterocycles. The minimum absolute atomic E-state index is 0. The van der Waals surface area contributed by atoms with Crippen LogP contribution in [0.15, 0.2) is 12.1 Å². The summed E-state index contributed by atoms with van der Waals surface area (Å²) >= 11 is 0. The Kier molecular flexibility index (Phi) is 6.75. The highest BCUT2D eigenvalue weighted by Crippen LogP contribution is 2.33. The first-order chi connectivity index (χ1) is 11.2. The molecule has 24 heavy (non-hydrogen) atoms. The van der Waals surface area contributed by atoms with Crippen LogP contribution in [0.2, 0.25) is 0 Å². The van der Waals surface area contributed by atoms with Crippen molar-refractivity contribution in [3.8, 4) is 11.5 Å². The molecule has 1 saturated heterocycles. The third kappa shape index (κ3) is 4.14. The van der Waals surface area contributed by atoms with Gasteiger partial charge in [0.15, 0.2) is 11.5 Å². The molecule has 1 fully saturated rings. The van der Waals surface area contributed by atoms with Crippen molar-refractivity contribution >= 4 is 18.3 Å². The lowest BCUT2D eigenvalue weighted by Gasteiger charge is -2.30. The summed E-state index contributed by atoms with van der Waals surface area (Å²) in [7, 11) is 3.30. The Morgan fingerprint density at radius 1 is 1.25 bits per heavy atom. The number of nitrogens with one attached hydrogen (secondary N) is 1. The van der Waals surface area contributed by atoms with Gasteiger partial charge in [0.1, 0.15) is 0 Å². The van der Waals surface area contributed by atoms with Crippen LogP contribution in [0.5, 0.6) is 11.5 Å². The van der Waals surface area contributed by atoms with Crippen LogP contribution >= 0.6 is 12.4 Å². The molecule has 3 rings (SSSR count). The predicted octanol–water partition coefficient (Wildman–Crippen LogP) is 2.54. The predicted molar refractivity (Wildman–Crippen MR) is 96.2 cm³/mol. The molecule has 2 aliphatic heterocycles. The third-order valence-electron chi connectivity index (χ3n) is 4.94. The molecule has 1 aromatic rings. The summed E-state index contributed by atoms with van der Waals surface area (Å²) in [5, 5.41) is 3.46. The van der Waals surface area contributed by atoms with E-state index < -0.39 is 0 Å². The van der Waals surface area contributed by atoms with Crippen molar-refractivity contribution in [3.05, 3.63) is 23.3 Å². The van der Waals surface area contributed by atoms with E-state index in [1.807, 2.05) is 17.0 Å². The van der Waals surface area contributed by atoms with Gasteiger partial charge in [-0.15, -0.1) is 12.4 Å². The molecule has 1 aromatic carbocycles. The number of halogens is 1. The van der Waals surface area contributed by atoms with Crippen molar-refractivity contribution in [2.45, 2.75) is 44.7 Å². The summed E-state index contributed by atoms with van der Waals surface area (Å²) in [5.41, 5.74) is 2.42. The van der Waals surface area contributed by atoms with Crippen molar-refractivity contribution < 1.29 is 14.3 Å². The van der Waals surface area contributed by atoms with Gasteiger partial charge in [-0.05, 0) is 55.5 Å². The molecule has 1 N–H and O–H groups in total. The fourth-order valence-electron chi connectivity index (χ4n) is 3.55. The maximum Gasteiger partial charge on any atom is 0.222 e. The molecule has 5 nitrogen and oxygen atoms in total. The van der Waals surface area contributed by atoms with Crippen molar-refractivity contribution in [2.24, 2.45) is 0 Å².